The van der Waals surface area contributed by atoms with Crippen molar-refractivity contribution in [2.45, 2.75) is 30.7 Å². The van der Waals surface area contributed by atoms with E-state index in [0.717, 1.165) is 0 Å². The normalized spacial score (nSPS) is 22.3. The highest BCUT2D eigenvalue weighted by atomic mass is 16.7. The van der Waals surface area contributed by atoms with Gasteiger partial charge in [-0.25, -0.2) is 14.4 Å². The Kier molecular flexibility index (Phi) is 9.58. The van der Waals surface area contributed by atoms with Crippen molar-refractivity contribution >= 4 is 17.9 Å². The topological polar surface area (TPSA) is 118 Å². The fraction of sp³-hybridized carbons (Fsp3) is 0.233. The van der Waals surface area contributed by atoms with Crippen molar-refractivity contribution in [3.05, 3.63) is 120 Å². The molecule has 5 atom stereocenters. The maximum atomic E-state index is 13.2. The molecule has 39 heavy (non-hydrogen) atoms. The Morgan fingerprint density at radius 2 is 1.10 bits per heavy atom. The Morgan fingerprint density at radius 1 is 0.692 bits per heavy atom. The van der Waals surface area contributed by atoms with Crippen LogP contribution in [0.1, 0.15) is 31.1 Å². The van der Waals surface area contributed by atoms with Gasteiger partial charge in [0.05, 0.1) is 29.9 Å². The van der Waals surface area contributed by atoms with Crippen LogP contribution in [0.5, 0.6) is 0 Å². The number of carbonyl (C=O) groups excluding carboxylic acids is 3. The van der Waals surface area contributed by atoms with Gasteiger partial charge < -0.3 is 28.8 Å². The van der Waals surface area contributed by atoms with Gasteiger partial charge >= 0.3 is 17.9 Å². The number of hydrogen-bond acceptors (Lipinski definition) is 9. The minimum absolute atomic E-state index is 0.00394. The van der Waals surface area contributed by atoms with Crippen molar-refractivity contribution in [2.24, 2.45) is 0 Å². The van der Waals surface area contributed by atoms with Crippen molar-refractivity contribution in [1.29, 1.82) is 0 Å². The minimum Gasteiger partial charge on any atom is -0.452 e. The molecule has 0 aromatic heterocycles. The molecular formula is C30H28O9. The largest absolute Gasteiger partial charge is 0.452 e. The lowest BCUT2D eigenvalue weighted by Gasteiger charge is -2.44. The molecule has 1 N–H and O–H groups in total. The maximum Gasteiger partial charge on any atom is 0.338 e. The zero-order chi connectivity index (χ0) is 27.6. The van der Waals surface area contributed by atoms with Crippen LogP contribution in [0.4, 0.5) is 0 Å². The van der Waals surface area contributed by atoms with E-state index in [2.05, 4.69) is 6.58 Å². The lowest BCUT2D eigenvalue weighted by atomic mass is 9.97. The molecule has 1 fully saturated rings. The molecule has 1 heterocycles. The first-order chi connectivity index (χ1) is 19.0. The molecule has 202 valence electrons. The van der Waals surface area contributed by atoms with E-state index < -0.39 is 55.2 Å². The monoisotopic (exact) mass is 532 g/mol. The van der Waals surface area contributed by atoms with Crippen molar-refractivity contribution in [1.82, 2.24) is 0 Å². The van der Waals surface area contributed by atoms with Gasteiger partial charge in [-0.3, -0.25) is 0 Å². The van der Waals surface area contributed by atoms with Crippen LogP contribution in [-0.2, 0) is 23.7 Å². The molecule has 0 bridgehead atoms. The van der Waals surface area contributed by atoms with Gasteiger partial charge in [0.25, 0.3) is 0 Å². The van der Waals surface area contributed by atoms with Crippen LogP contribution in [0.3, 0.4) is 0 Å². The van der Waals surface area contributed by atoms with E-state index in [1.807, 2.05) is 0 Å². The molecule has 0 aliphatic carbocycles. The summed E-state index contributed by atoms with van der Waals surface area (Å²) in [6.07, 6.45) is -5.13. The highest BCUT2D eigenvalue weighted by Crippen LogP contribution is 2.31. The van der Waals surface area contributed by atoms with Gasteiger partial charge in [0, 0.05) is 0 Å². The Balaban J connectivity index is 1.71. The summed E-state index contributed by atoms with van der Waals surface area (Å²) < 4.78 is 28.9. The third-order valence-electron chi connectivity index (χ3n) is 5.91. The number of esters is 3. The molecule has 0 amide bonds. The molecule has 0 radical (unpaired) electrons. The van der Waals surface area contributed by atoms with Gasteiger partial charge in [0.15, 0.2) is 24.6 Å². The van der Waals surface area contributed by atoms with Crippen LogP contribution in [0.2, 0.25) is 0 Å². The fourth-order valence-electron chi connectivity index (χ4n) is 4.02. The van der Waals surface area contributed by atoms with Gasteiger partial charge in [0.1, 0.15) is 6.10 Å². The summed E-state index contributed by atoms with van der Waals surface area (Å²) in [6, 6.07) is 24.5. The smallest absolute Gasteiger partial charge is 0.338 e. The van der Waals surface area contributed by atoms with Gasteiger partial charge in [-0.05, 0) is 36.4 Å². The lowest BCUT2D eigenvalue weighted by Crippen LogP contribution is -2.63. The van der Waals surface area contributed by atoms with E-state index in [1.165, 1.54) is 6.08 Å². The lowest BCUT2D eigenvalue weighted by molar-refractivity contribution is -0.296. The molecule has 2 unspecified atom stereocenters. The van der Waals surface area contributed by atoms with Crippen LogP contribution >= 0.6 is 0 Å². The fourth-order valence-corrected chi connectivity index (χ4v) is 4.02. The average Bonchev–Trinajstić information content (AvgIpc) is 2.99. The van der Waals surface area contributed by atoms with Crippen molar-refractivity contribution < 1.29 is 43.2 Å². The third-order valence-corrected chi connectivity index (χ3v) is 5.91. The second kappa shape index (κ2) is 13.5. The van der Waals surface area contributed by atoms with E-state index >= 15 is 0 Å². The van der Waals surface area contributed by atoms with Gasteiger partial charge in [-0.1, -0.05) is 60.7 Å². The molecule has 9 heteroatoms. The average molecular weight is 533 g/mol. The summed E-state index contributed by atoms with van der Waals surface area (Å²) in [6.45, 7) is 3.00. The Labute approximate surface area is 225 Å². The Morgan fingerprint density at radius 3 is 1.51 bits per heavy atom. The second-order valence-corrected chi connectivity index (χ2v) is 8.56. The van der Waals surface area contributed by atoms with E-state index in [0.29, 0.717) is 0 Å². The standard InChI is InChI=1S/C30H28O9/c1-2-18-35-30-26(39-29(34)22-16-10-5-11-17-22)25(38-28(33)21-14-8-4-9-15-21)24(23(19-31)36-30)37-27(32)20-12-6-3-7-13-20/h2-17,23-26,30-31H,1,18-19H2/t23-,24-,25+,26?,30?/m1/s1. The van der Waals surface area contributed by atoms with Gasteiger partial charge in [-0.2, -0.15) is 0 Å². The van der Waals surface area contributed by atoms with Crippen LogP contribution in [0, 0.1) is 0 Å². The van der Waals surface area contributed by atoms with Crippen molar-refractivity contribution in [2.75, 3.05) is 13.2 Å². The van der Waals surface area contributed by atoms with Crippen molar-refractivity contribution in [3.8, 4) is 0 Å². The number of rotatable bonds is 10. The Hall–Kier alpha value is -4.31. The number of hydrogen-bond donors (Lipinski definition) is 1. The zero-order valence-electron chi connectivity index (χ0n) is 21.0. The summed E-state index contributed by atoms with van der Waals surface area (Å²) in [5, 5.41) is 10.2. The first kappa shape index (κ1) is 27.7. The SMILES string of the molecule is C=CCOC1O[C@H](CO)[C@@H](OC(=O)c2ccccc2)[C@H](OC(=O)c2ccccc2)C1OC(=O)c1ccccc1. The number of carbonyl (C=O) groups is 3. The molecule has 1 saturated heterocycles. The molecule has 4 rings (SSSR count). The number of benzene rings is 3. The molecule has 1 aliphatic rings. The summed E-state index contributed by atoms with van der Waals surface area (Å²) in [5.74, 6) is -2.25. The summed E-state index contributed by atoms with van der Waals surface area (Å²) in [4.78, 5) is 39.3. The molecule has 1 aliphatic heterocycles. The number of aliphatic hydroxyl groups is 1. The van der Waals surface area contributed by atoms with Crippen molar-refractivity contribution in [3.63, 3.8) is 0 Å². The first-order valence-electron chi connectivity index (χ1n) is 12.3. The summed E-state index contributed by atoms with van der Waals surface area (Å²) >= 11 is 0. The van der Waals surface area contributed by atoms with Crippen LogP contribution in [0.25, 0.3) is 0 Å². The molecule has 0 saturated carbocycles. The minimum atomic E-state index is -1.40. The predicted molar refractivity (Wildman–Crippen MR) is 139 cm³/mol. The van der Waals surface area contributed by atoms with Crippen LogP contribution < -0.4 is 0 Å². The van der Waals surface area contributed by atoms with Crippen LogP contribution in [0.15, 0.2) is 104 Å². The van der Waals surface area contributed by atoms with Crippen LogP contribution in [-0.4, -0.2) is 66.9 Å². The molecule has 0 spiro atoms. The summed E-state index contributed by atoms with van der Waals surface area (Å²) in [7, 11) is 0. The molecule has 3 aromatic carbocycles. The highest BCUT2D eigenvalue weighted by molar-refractivity contribution is 5.91. The zero-order valence-corrected chi connectivity index (χ0v) is 21.0. The van der Waals surface area contributed by atoms with E-state index in [1.54, 1.807) is 91.0 Å². The number of aliphatic hydroxyl groups excluding tert-OH is 1. The molecular weight excluding hydrogens is 504 g/mol. The van der Waals surface area contributed by atoms with Gasteiger partial charge in [0.2, 0.25) is 0 Å². The third kappa shape index (κ3) is 6.97. The van der Waals surface area contributed by atoms with Gasteiger partial charge in [-0.15, -0.1) is 6.58 Å². The maximum absolute atomic E-state index is 13.2. The van der Waals surface area contributed by atoms with E-state index in [9.17, 15) is 19.5 Å². The highest BCUT2D eigenvalue weighted by Gasteiger charge is 2.53. The Bertz CT molecular complexity index is 1250. The second-order valence-electron chi connectivity index (χ2n) is 8.56. The quantitative estimate of drug-likeness (QED) is 0.237. The van der Waals surface area contributed by atoms with E-state index in [4.69, 9.17) is 23.7 Å². The first-order valence-corrected chi connectivity index (χ1v) is 12.3. The summed E-state index contributed by atoms with van der Waals surface area (Å²) in [5.41, 5.74) is 0.676. The molecule has 9 nitrogen and oxygen atoms in total. The van der Waals surface area contributed by atoms with E-state index in [-0.39, 0.29) is 23.3 Å². The molecule has 3 aromatic rings. The number of ether oxygens (including phenoxy) is 5. The predicted octanol–water partition coefficient (Wildman–Crippen LogP) is 3.58.